The zero-order valence-corrected chi connectivity index (χ0v) is 14.5. The lowest BCUT2D eigenvalue weighted by atomic mass is 10.1. The van der Waals surface area contributed by atoms with Crippen molar-refractivity contribution in [2.45, 2.75) is 13.3 Å². The number of anilines is 3. The fourth-order valence-corrected chi connectivity index (χ4v) is 2.96. The zero-order chi connectivity index (χ0) is 17.6. The van der Waals surface area contributed by atoms with Crippen LogP contribution in [0.15, 0.2) is 60.1 Å². The van der Waals surface area contributed by atoms with Gasteiger partial charge in [0.25, 0.3) is 0 Å². The summed E-state index contributed by atoms with van der Waals surface area (Å²) in [5.41, 5.74) is 2.16. The summed E-state index contributed by atoms with van der Waals surface area (Å²) in [7, 11) is 0. The molecule has 0 unspecified atom stereocenters. The average molecular weight is 351 g/mol. The van der Waals surface area contributed by atoms with Crippen LogP contribution in [0.3, 0.4) is 0 Å². The summed E-state index contributed by atoms with van der Waals surface area (Å²) in [6.07, 6.45) is 1.97. The number of carbonyl (C=O) groups excluding carboxylic acids is 2. The molecule has 0 saturated heterocycles. The number of nitrogens with one attached hydrogen (secondary N) is 2. The zero-order valence-electron chi connectivity index (χ0n) is 13.7. The van der Waals surface area contributed by atoms with Crippen molar-refractivity contribution in [3.63, 3.8) is 0 Å². The van der Waals surface area contributed by atoms with Gasteiger partial charge in [0, 0.05) is 16.1 Å². The Bertz CT molecular complexity index is 857. The number of thiophene rings is 1. The molecule has 0 aliphatic heterocycles. The van der Waals surface area contributed by atoms with E-state index in [1.54, 1.807) is 41.8 Å². The van der Waals surface area contributed by atoms with Gasteiger partial charge >= 0.3 is 0 Å². The molecule has 2 heterocycles. The highest BCUT2D eigenvalue weighted by molar-refractivity contribution is 7.10. The number of pyridine rings is 1. The van der Waals surface area contributed by atoms with Crippen molar-refractivity contribution in [1.82, 2.24) is 4.98 Å². The Balaban J connectivity index is 1.58. The molecule has 1 aromatic carbocycles. The van der Waals surface area contributed by atoms with Gasteiger partial charge in [0.15, 0.2) is 5.78 Å². The fourth-order valence-electron chi connectivity index (χ4n) is 2.25. The van der Waals surface area contributed by atoms with Crippen LogP contribution in [-0.4, -0.2) is 16.7 Å². The Labute approximate surface area is 149 Å². The minimum absolute atomic E-state index is 0.0346. The van der Waals surface area contributed by atoms with Gasteiger partial charge in [-0.3, -0.25) is 9.59 Å². The van der Waals surface area contributed by atoms with E-state index in [0.717, 1.165) is 10.6 Å². The first kappa shape index (κ1) is 16.9. The van der Waals surface area contributed by atoms with Crippen LogP contribution in [0.2, 0.25) is 0 Å². The van der Waals surface area contributed by atoms with E-state index in [4.69, 9.17) is 0 Å². The van der Waals surface area contributed by atoms with Crippen molar-refractivity contribution in [1.29, 1.82) is 0 Å². The third-order valence-electron chi connectivity index (χ3n) is 3.53. The van der Waals surface area contributed by atoms with Crippen LogP contribution in [-0.2, 0) is 11.2 Å². The van der Waals surface area contributed by atoms with Gasteiger partial charge in [-0.05, 0) is 54.8 Å². The lowest BCUT2D eigenvalue weighted by Crippen LogP contribution is -2.13. The number of Topliss-reactive ketones (excluding diaryl/α,β-unsaturated/α-hetero) is 1. The van der Waals surface area contributed by atoms with Crippen LogP contribution >= 0.6 is 11.3 Å². The molecule has 0 bridgehead atoms. The summed E-state index contributed by atoms with van der Waals surface area (Å²) in [6.45, 7) is 1.54. The van der Waals surface area contributed by atoms with Crippen LogP contribution in [0.25, 0.3) is 0 Å². The second-order valence-corrected chi connectivity index (χ2v) is 6.53. The molecule has 0 fully saturated rings. The van der Waals surface area contributed by atoms with Crippen LogP contribution in [0.1, 0.15) is 22.2 Å². The topological polar surface area (TPSA) is 71.1 Å². The SMILES string of the molecule is CC(=O)c1ccc(Nc2ccc(NC(=O)Cc3cccs3)cn2)cc1. The van der Waals surface area contributed by atoms with E-state index >= 15 is 0 Å². The maximum absolute atomic E-state index is 12.0. The Morgan fingerprint density at radius 3 is 2.40 bits per heavy atom. The number of ketones is 1. The Kier molecular flexibility index (Phi) is 5.20. The predicted octanol–water partition coefficient (Wildman–Crippen LogP) is 4.27. The molecule has 0 aliphatic carbocycles. The van der Waals surface area contributed by atoms with Gasteiger partial charge in [-0.2, -0.15) is 0 Å². The van der Waals surface area contributed by atoms with Gasteiger partial charge in [0.05, 0.1) is 18.3 Å². The average Bonchev–Trinajstić information content (AvgIpc) is 3.10. The number of carbonyl (C=O) groups is 2. The van der Waals surface area contributed by atoms with E-state index in [0.29, 0.717) is 23.5 Å². The van der Waals surface area contributed by atoms with Gasteiger partial charge in [-0.15, -0.1) is 11.3 Å². The second kappa shape index (κ2) is 7.72. The van der Waals surface area contributed by atoms with E-state index in [9.17, 15) is 9.59 Å². The quantitative estimate of drug-likeness (QED) is 0.651. The molecule has 2 N–H and O–H groups in total. The van der Waals surface area contributed by atoms with Crippen LogP contribution in [0.5, 0.6) is 0 Å². The van der Waals surface area contributed by atoms with Crippen LogP contribution in [0, 0.1) is 0 Å². The second-order valence-electron chi connectivity index (χ2n) is 5.49. The molecule has 0 saturated carbocycles. The number of hydrogen-bond donors (Lipinski definition) is 2. The first-order chi connectivity index (χ1) is 12.1. The van der Waals surface area contributed by atoms with Gasteiger partial charge in [-0.1, -0.05) is 6.07 Å². The number of amides is 1. The molecule has 0 radical (unpaired) electrons. The van der Waals surface area contributed by atoms with E-state index in [2.05, 4.69) is 15.6 Å². The molecule has 3 aromatic rings. The summed E-state index contributed by atoms with van der Waals surface area (Å²) >= 11 is 1.56. The van der Waals surface area contributed by atoms with Crippen LogP contribution in [0.4, 0.5) is 17.2 Å². The molecule has 0 spiro atoms. The number of benzene rings is 1. The molecule has 1 amide bonds. The molecule has 5 nitrogen and oxygen atoms in total. The molecule has 0 atom stereocenters. The standard InChI is InChI=1S/C19H17N3O2S/c1-13(23)14-4-6-15(7-5-14)21-18-9-8-16(12-20-18)22-19(24)11-17-3-2-10-25-17/h2-10,12H,11H2,1H3,(H,20,21)(H,22,24). The van der Waals surface area contributed by atoms with E-state index in [1.807, 2.05) is 29.6 Å². The van der Waals surface area contributed by atoms with Crippen molar-refractivity contribution >= 4 is 40.2 Å². The summed E-state index contributed by atoms with van der Waals surface area (Å²) in [4.78, 5) is 28.6. The monoisotopic (exact) mass is 351 g/mol. The third-order valence-corrected chi connectivity index (χ3v) is 4.40. The summed E-state index contributed by atoms with van der Waals surface area (Å²) in [6, 6.07) is 14.6. The van der Waals surface area contributed by atoms with Gasteiger partial charge in [-0.25, -0.2) is 4.98 Å². The third kappa shape index (κ3) is 4.74. The molecule has 3 rings (SSSR count). The fraction of sp³-hybridized carbons (Fsp3) is 0.105. The molecular formula is C19H17N3O2S. The normalized spacial score (nSPS) is 10.3. The summed E-state index contributed by atoms with van der Waals surface area (Å²) in [5, 5.41) is 7.94. The lowest BCUT2D eigenvalue weighted by molar-refractivity contribution is -0.115. The maximum atomic E-state index is 12.0. The van der Waals surface area contributed by atoms with Crippen molar-refractivity contribution in [3.8, 4) is 0 Å². The minimum Gasteiger partial charge on any atom is -0.340 e. The van der Waals surface area contributed by atoms with E-state index in [1.165, 1.54) is 6.92 Å². The highest BCUT2D eigenvalue weighted by Gasteiger charge is 2.06. The Morgan fingerprint density at radius 1 is 1.04 bits per heavy atom. The number of hydrogen-bond acceptors (Lipinski definition) is 5. The number of nitrogens with zero attached hydrogens (tertiary/aromatic N) is 1. The largest absolute Gasteiger partial charge is 0.340 e. The number of aromatic nitrogens is 1. The van der Waals surface area contributed by atoms with Crippen molar-refractivity contribution in [2.24, 2.45) is 0 Å². The van der Waals surface area contributed by atoms with Crippen molar-refractivity contribution < 1.29 is 9.59 Å². The first-order valence-corrected chi connectivity index (χ1v) is 8.64. The molecule has 6 heteroatoms. The molecule has 25 heavy (non-hydrogen) atoms. The minimum atomic E-state index is -0.0650. The van der Waals surface area contributed by atoms with Gasteiger partial charge < -0.3 is 10.6 Å². The molecule has 126 valence electrons. The summed E-state index contributed by atoms with van der Waals surface area (Å²) < 4.78 is 0. The van der Waals surface area contributed by atoms with Crippen molar-refractivity contribution in [3.05, 3.63) is 70.5 Å². The Morgan fingerprint density at radius 2 is 1.80 bits per heavy atom. The highest BCUT2D eigenvalue weighted by atomic mass is 32.1. The predicted molar refractivity (Wildman–Crippen MR) is 101 cm³/mol. The lowest BCUT2D eigenvalue weighted by Gasteiger charge is -2.08. The summed E-state index contributed by atoms with van der Waals surface area (Å²) in [5.74, 6) is 0.629. The molecule has 2 aromatic heterocycles. The highest BCUT2D eigenvalue weighted by Crippen LogP contribution is 2.17. The van der Waals surface area contributed by atoms with Crippen LogP contribution < -0.4 is 10.6 Å². The maximum Gasteiger partial charge on any atom is 0.229 e. The molecular weight excluding hydrogens is 334 g/mol. The van der Waals surface area contributed by atoms with E-state index < -0.39 is 0 Å². The van der Waals surface area contributed by atoms with Gasteiger partial charge in [0.1, 0.15) is 5.82 Å². The van der Waals surface area contributed by atoms with E-state index in [-0.39, 0.29) is 11.7 Å². The Hall–Kier alpha value is -2.99. The number of rotatable bonds is 6. The smallest absolute Gasteiger partial charge is 0.229 e. The van der Waals surface area contributed by atoms with Crippen molar-refractivity contribution in [2.75, 3.05) is 10.6 Å². The first-order valence-electron chi connectivity index (χ1n) is 7.76. The molecule has 0 aliphatic rings. The van der Waals surface area contributed by atoms with Gasteiger partial charge in [0.2, 0.25) is 5.91 Å².